The molecule has 28 heavy (non-hydrogen) atoms. The molecule has 146 valence electrons. The summed E-state index contributed by atoms with van der Waals surface area (Å²) in [6, 6.07) is 5.54. The van der Waals surface area contributed by atoms with Crippen LogP contribution < -0.4 is 11.1 Å². The van der Waals surface area contributed by atoms with Crippen LogP contribution in [0.2, 0.25) is 0 Å². The Balaban J connectivity index is 1.40. The standard InChI is InChI=1S/C21H22N2O4S/c22-19(25)18-15-6-1-2-7-16(15)28-20(18)23-17(24)11-27-21(26)14-9-8-12-4-3-5-13(12)10-14/h8-10H,1-7,11H2,(H2,22,25)(H,23,24). The highest BCUT2D eigenvalue weighted by molar-refractivity contribution is 7.17. The fourth-order valence-corrected chi connectivity index (χ4v) is 5.30. The first-order valence-corrected chi connectivity index (χ1v) is 10.4. The molecule has 0 unspecified atom stereocenters. The van der Waals surface area contributed by atoms with Crippen LogP contribution in [0.5, 0.6) is 0 Å². The third-order valence-electron chi connectivity index (χ3n) is 5.34. The van der Waals surface area contributed by atoms with Gasteiger partial charge in [0.25, 0.3) is 11.8 Å². The maximum absolute atomic E-state index is 12.3. The normalized spacial score (nSPS) is 14.9. The summed E-state index contributed by atoms with van der Waals surface area (Å²) in [7, 11) is 0. The highest BCUT2D eigenvalue weighted by Gasteiger charge is 2.25. The van der Waals surface area contributed by atoms with E-state index in [1.807, 2.05) is 12.1 Å². The number of rotatable bonds is 5. The molecule has 3 N–H and O–H groups in total. The van der Waals surface area contributed by atoms with E-state index in [1.54, 1.807) is 6.07 Å². The molecule has 0 atom stereocenters. The smallest absolute Gasteiger partial charge is 0.338 e. The SMILES string of the molecule is NC(=O)c1c(NC(=O)COC(=O)c2ccc3c(c2)CCC3)sc2c1CCCC2. The molecule has 0 spiro atoms. The quantitative estimate of drug-likeness (QED) is 0.757. The van der Waals surface area contributed by atoms with Gasteiger partial charge in [0.05, 0.1) is 11.1 Å². The number of anilines is 1. The van der Waals surface area contributed by atoms with Crippen molar-refractivity contribution >= 4 is 34.1 Å². The molecule has 4 rings (SSSR count). The lowest BCUT2D eigenvalue weighted by Crippen LogP contribution is -2.23. The zero-order valence-electron chi connectivity index (χ0n) is 15.5. The molecule has 2 aliphatic carbocycles. The highest BCUT2D eigenvalue weighted by Crippen LogP contribution is 2.37. The predicted octanol–water partition coefficient (Wildman–Crippen LogP) is 3.01. The van der Waals surface area contributed by atoms with Crippen LogP contribution in [-0.4, -0.2) is 24.4 Å². The number of esters is 1. The van der Waals surface area contributed by atoms with Crippen molar-refractivity contribution in [2.75, 3.05) is 11.9 Å². The molecular formula is C21H22N2O4S. The molecule has 0 radical (unpaired) electrons. The zero-order valence-corrected chi connectivity index (χ0v) is 16.3. The number of ether oxygens (including phenoxy) is 1. The van der Waals surface area contributed by atoms with Gasteiger partial charge >= 0.3 is 5.97 Å². The van der Waals surface area contributed by atoms with Gasteiger partial charge in [-0.1, -0.05) is 6.07 Å². The summed E-state index contributed by atoms with van der Waals surface area (Å²) in [6.07, 6.45) is 6.88. The molecule has 2 aliphatic rings. The molecule has 2 aromatic rings. The number of carbonyl (C=O) groups excluding carboxylic acids is 3. The van der Waals surface area contributed by atoms with Gasteiger partial charge in [-0.3, -0.25) is 9.59 Å². The lowest BCUT2D eigenvalue weighted by molar-refractivity contribution is -0.119. The van der Waals surface area contributed by atoms with Crippen molar-refractivity contribution < 1.29 is 19.1 Å². The monoisotopic (exact) mass is 398 g/mol. The number of aryl methyl sites for hydroxylation is 3. The van der Waals surface area contributed by atoms with E-state index in [9.17, 15) is 14.4 Å². The molecule has 1 aromatic carbocycles. The fraction of sp³-hybridized carbons (Fsp3) is 0.381. The number of carbonyl (C=O) groups is 3. The van der Waals surface area contributed by atoms with Crippen molar-refractivity contribution in [3.05, 3.63) is 50.9 Å². The van der Waals surface area contributed by atoms with Crippen LogP contribution in [0.25, 0.3) is 0 Å². The molecule has 0 saturated carbocycles. The number of hydrogen-bond acceptors (Lipinski definition) is 5. The average Bonchev–Trinajstić information content (AvgIpc) is 3.29. The Morgan fingerprint density at radius 3 is 2.64 bits per heavy atom. The van der Waals surface area contributed by atoms with E-state index < -0.39 is 24.4 Å². The molecule has 7 heteroatoms. The Hall–Kier alpha value is -2.67. The Labute approximate surface area is 167 Å². The van der Waals surface area contributed by atoms with E-state index in [4.69, 9.17) is 10.5 Å². The number of primary amides is 1. The largest absolute Gasteiger partial charge is 0.452 e. The van der Waals surface area contributed by atoms with Crippen molar-refractivity contribution in [1.29, 1.82) is 0 Å². The molecular weight excluding hydrogens is 376 g/mol. The van der Waals surface area contributed by atoms with Crippen molar-refractivity contribution in [2.24, 2.45) is 5.73 Å². The average molecular weight is 398 g/mol. The Morgan fingerprint density at radius 1 is 1.04 bits per heavy atom. The lowest BCUT2D eigenvalue weighted by atomic mass is 9.95. The van der Waals surface area contributed by atoms with E-state index in [1.165, 1.54) is 22.5 Å². The third-order valence-corrected chi connectivity index (χ3v) is 6.55. The van der Waals surface area contributed by atoms with Gasteiger partial charge in [0.15, 0.2) is 6.61 Å². The summed E-state index contributed by atoms with van der Waals surface area (Å²) in [5, 5.41) is 3.16. The Bertz CT molecular complexity index is 964. The van der Waals surface area contributed by atoms with Crippen LogP contribution >= 0.6 is 11.3 Å². The first-order valence-electron chi connectivity index (χ1n) is 9.56. The number of benzene rings is 1. The van der Waals surface area contributed by atoms with Crippen LogP contribution in [0.1, 0.15) is 61.5 Å². The van der Waals surface area contributed by atoms with Crippen LogP contribution in [-0.2, 0) is 35.2 Å². The second kappa shape index (κ2) is 7.75. The minimum atomic E-state index is -0.537. The van der Waals surface area contributed by atoms with Crippen molar-refractivity contribution in [2.45, 2.75) is 44.9 Å². The summed E-state index contributed by atoms with van der Waals surface area (Å²) in [5.74, 6) is -1.54. The number of nitrogens with one attached hydrogen (secondary N) is 1. The topological polar surface area (TPSA) is 98.5 Å². The zero-order chi connectivity index (χ0) is 19.7. The first kappa shape index (κ1) is 18.7. The molecule has 1 aromatic heterocycles. The van der Waals surface area contributed by atoms with Gasteiger partial charge in [0.1, 0.15) is 5.00 Å². The van der Waals surface area contributed by atoms with E-state index >= 15 is 0 Å². The summed E-state index contributed by atoms with van der Waals surface area (Å²) >= 11 is 1.39. The molecule has 0 saturated heterocycles. The molecule has 0 fully saturated rings. The maximum Gasteiger partial charge on any atom is 0.338 e. The summed E-state index contributed by atoms with van der Waals surface area (Å²) < 4.78 is 5.16. The van der Waals surface area contributed by atoms with Crippen molar-refractivity contribution in [3.63, 3.8) is 0 Å². The summed E-state index contributed by atoms with van der Waals surface area (Å²) in [5.41, 5.74) is 9.79. The molecule has 6 nitrogen and oxygen atoms in total. The van der Waals surface area contributed by atoms with Gasteiger partial charge in [-0.2, -0.15) is 0 Å². The Morgan fingerprint density at radius 2 is 1.82 bits per heavy atom. The van der Waals surface area contributed by atoms with Gasteiger partial charge in [-0.05, 0) is 73.8 Å². The van der Waals surface area contributed by atoms with Gasteiger partial charge in [0, 0.05) is 4.88 Å². The molecule has 0 bridgehead atoms. The van der Waals surface area contributed by atoms with Crippen LogP contribution in [0, 0.1) is 0 Å². The number of nitrogens with two attached hydrogens (primary N) is 1. The van der Waals surface area contributed by atoms with Gasteiger partial charge in [-0.25, -0.2) is 4.79 Å². The number of amides is 2. The van der Waals surface area contributed by atoms with Gasteiger partial charge in [0.2, 0.25) is 0 Å². The van der Waals surface area contributed by atoms with Crippen molar-refractivity contribution in [1.82, 2.24) is 0 Å². The number of hydrogen-bond donors (Lipinski definition) is 2. The lowest BCUT2D eigenvalue weighted by Gasteiger charge is -2.11. The third kappa shape index (κ3) is 3.67. The minimum absolute atomic E-state index is 0.401. The fourth-order valence-electron chi connectivity index (χ4n) is 3.99. The maximum atomic E-state index is 12.3. The summed E-state index contributed by atoms with van der Waals surface area (Å²) in [4.78, 5) is 37.5. The second-order valence-corrected chi connectivity index (χ2v) is 8.35. The molecule has 2 amide bonds. The van der Waals surface area contributed by atoms with Crippen LogP contribution in [0.4, 0.5) is 5.00 Å². The number of thiophene rings is 1. The van der Waals surface area contributed by atoms with Crippen molar-refractivity contribution in [3.8, 4) is 0 Å². The first-order chi connectivity index (χ1) is 13.5. The second-order valence-electron chi connectivity index (χ2n) is 7.24. The van der Waals surface area contributed by atoms with Gasteiger partial charge < -0.3 is 15.8 Å². The van der Waals surface area contributed by atoms with Crippen LogP contribution in [0.3, 0.4) is 0 Å². The predicted molar refractivity (Wildman–Crippen MR) is 107 cm³/mol. The van der Waals surface area contributed by atoms with E-state index in [0.29, 0.717) is 16.1 Å². The van der Waals surface area contributed by atoms with E-state index in [-0.39, 0.29) is 0 Å². The van der Waals surface area contributed by atoms with Gasteiger partial charge in [-0.15, -0.1) is 11.3 Å². The highest BCUT2D eigenvalue weighted by atomic mass is 32.1. The number of fused-ring (bicyclic) bond motifs is 2. The minimum Gasteiger partial charge on any atom is -0.452 e. The summed E-state index contributed by atoms with van der Waals surface area (Å²) in [6.45, 7) is -0.406. The van der Waals surface area contributed by atoms with E-state index in [0.717, 1.165) is 55.4 Å². The van der Waals surface area contributed by atoms with E-state index in [2.05, 4.69) is 5.32 Å². The molecule has 1 heterocycles. The Kier molecular flexibility index (Phi) is 5.17. The van der Waals surface area contributed by atoms with Crippen LogP contribution in [0.15, 0.2) is 18.2 Å². The molecule has 0 aliphatic heterocycles.